The maximum absolute atomic E-state index is 14.3. The van der Waals surface area contributed by atoms with Crippen LogP contribution in [0.3, 0.4) is 0 Å². The second-order valence-corrected chi connectivity index (χ2v) is 14.2. The molecule has 2 aliphatic rings. The Bertz CT molecular complexity index is 2600. The number of hydrogen-bond acceptors (Lipinski definition) is 6. The first-order valence-corrected chi connectivity index (χ1v) is 17.8. The molecule has 54 heavy (non-hydrogen) atoms. The molecule has 0 unspecified atom stereocenters. The normalized spacial score (nSPS) is 15.7. The highest BCUT2D eigenvalue weighted by molar-refractivity contribution is 6.35. The van der Waals surface area contributed by atoms with E-state index in [0.29, 0.717) is 44.4 Å². The van der Waals surface area contributed by atoms with E-state index in [-0.39, 0.29) is 46.3 Å². The fourth-order valence-corrected chi connectivity index (χ4v) is 7.54. The van der Waals surface area contributed by atoms with Gasteiger partial charge in [-0.3, -0.25) is 19.0 Å². The number of nitrogens with two attached hydrogens (primary N) is 1. The minimum atomic E-state index is -4.73. The van der Waals surface area contributed by atoms with Crippen LogP contribution in [0.4, 0.5) is 19.0 Å². The van der Waals surface area contributed by atoms with E-state index in [1.165, 1.54) is 26.1 Å². The molecule has 3 N–H and O–H groups in total. The second kappa shape index (κ2) is 13.2. The van der Waals surface area contributed by atoms with Gasteiger partial charge in [-0.05, 0) is 97.7 Å². The first kappa shape index (κ1) is 35.1. The van der Waals surface area contributed by atoms with Crippen molar-refractivity contribution in [3.05, 3.63) is 134 Å². The minimum Gasteiger partial charge on any atom is -0.381 e. The molecule has 1 aliphatic carbocycles. The summed E-state index contributed by atoms with van der Waals surface area (Å²) in [4.78, 5) is 47.1. The molecule has 14 heteroatoms. The molecule has 0 spiro atoms. The number of aromatic nitrogens is 4. The largest absolute Gasteiger partial charge is 0.417 e. The van der Waals surface area contributed by atoms with Crippen LogP contribution < -0.4 is 16.6 Å². The van der Waals surface area contributed by atoms with E-state index < -0.39 is 29.6 Å². The molecular weight excluding hydrogens is 719 g/mol. The smallest absolute Gasteiger partial charge is 0.381 e. The minimum absolute atomic E-state index is 0.0187. The number of amides is 2. The van der Waals surface area contributed by atoms with Crippen molar-refractivity contribution in [2.24, 2.45) is 5.92 Å². The van der Waals surface area contributed by atoms with E-state index in [2.05, 4.69) is 15.4 Å². The molecule has 2 atom stereocenters. The number of para-hydroxylation sites is 1. The highest BCUT2D eigenvalue weighted by atomic mass is 35.5. The van der Waals surface area contributed by atoms with Crippen LogP contribution in [-0.2, 0) is 12.7 Å². The molecule has 3 aromatic heterocycles. The SMILES string of the molecule is C[C@H](NC(=O)c1c(N)nn2ccc(/C=C/c3cc4c(c(C(F)(F)F)c3)C(=O)N([C@@H](C)C3CC3)C4)nc12)c1cc2cccc(Cl)c2c(=O)n1-c1ccccc1. The number of hydrogen-bond donors (Lipinski definition) is 2. The quantitative estimate of drug-likeness (QED) is 0.164. The summed E-state index contributed by atoms with van der Waals surface area (Å²) in [5.74, 6) is -0.987. The topological polar surface area (TPSA) is 128 Å². The number of nitrogens with one attached hydrogen (secondary N) is 1. The lowest BCUT2D eigenvalue weighted by Gasteiger charge is -2.24. The Morgan fingerprint density at radius 2 is 1.78 bits per heavy atom. The molecule has 6 aromatic rings. The van der Waals surface area contributed by atoms with Gasteiger partial charge in [-0.25, -0.2) is 9.50 Å². The van der Waals surface area contributed by atoms with Gasteiger partial charge in [0.1, 0.15) is 5.56 Å². The number of carbonyl (C=O) groups is 2. The van der Waals surface area contributed by atoms with Gasteiger partial charge < -0.3 is 16.0 Å². The highest BCUT2D eigenvalue weighted by Gasteiger charge is 2.44. The molecule has 0 saturated heterocycles. The van der Waals surface area contributed by atoms with Crippen molar-refractivity contribution < 1.29 is 22.8 Å². The van der Waals surface area contributed by atoms with Crippen molar-refractivity contribution in [2.45, 2.75) is 51.5 Å². The lowest BCUT2D eigenvalue weighted by Crippen LogP contribution is -2.35. The van der Waals surface area contributed by atoms with E-state index in [1.807, 2.05) is 13.0 Å². The molecule has 0 bridgehead atoms. The van der Waals surface area contributed by atoms with Gasteiger partial charge in [-0.2, -0.15) is 13.2 Å². The molecular formula is C40H33ClF3N7O3. The summed E-state index contributed by atoms with van der Waals surface area (Å²) in [7, 11) is 0. The molecule has 10 nitrogen and oxygen atoms in total. The first-order valence-electron chi connectivity index (χ1n) is 17.4. The van der Waals surface area contributed by atoms with Crippen LogP contribution in [0.2, 0.25) is 5.02 Å². The van der Waals surface area contributed by atoms with Crippen LogP contribution >= 0.6 is 11.6 Å². The molecule has 1 aliphatic heterocycles. The third-order valence-electron chi connectivity index (χ3n) is 10.2. The van der Waals surface area contributed by atoms with Crippen molar-refractivity contribution in [1.82, 2.24) is 29.4 Å². The van der Waals surface area contributed by atoms with Crippen LogP contribution in [0.5, 0.6) is 0 Å². The monoisotopic (exact) mass is 751 g/mol. The number of alkyl halides is 3. The number of anilines is 1. The molecule has 3 aromatic carbocycles. The molecule has 2 amide bonds. The lowest BCUT2D eigenvalue weighted by atomic mass is 9.98. The number of fused-ring (bicyclic) bond motifs is 3. The standard InChI is InChI=1S/C40H33ClF3N7O3/c1-21(31-19-25-7-6-10-30(41)33(25)39(54)51(31)28-8-4-3-5-9-28)46-37(52)34-35(45)48-50-16-15-27(47-36(34)50)14-11-23-17-26-20-49(22(2)24-12-13-24)38(53)32(26)29(18-23)40(42,43)44/h3-11,14-19,21-22,24H,12-13,20H2,1-2H3,(H2,45,48)(H,46,52)/b14-11+/t21-,22-/m0/s1. The Morgan fingerprint density at radius 1 is 1.02 bits per heavy atom. The fraction of sp³-hybridized carbons (Fsp3) is 0.225. The van der Waals surface area contributed by atoms with Crippen LogP contribution in [0.15, 0.2) is 83.8 Å². The zero-order chi connectivity index (χ0) is 38.1. The van der Waals surface area contributed by atoms with Crippen molar-refractivity contribution >= 4 is 57.8 Å². The molecule has 1 fully saturated rings. The summed E-state index contributed by atoms with van der Waals surface area (Å²) in [6.07, 6.45) is 1.74. The Hall–Kier alpha value is -5.95. The van der Waals surface area contributed by atoms with Crippen LogP contribution in [0.1, 0.15) is 81.5 Å². The van der Waals surface area contributed by atoms with Gasteiger partial charge in [0, 0.05) is 30.2 Å². The molecule has 1 saturated carbocycles. The Balaban J connectivity index is 1.11. The summed E-state index contributed by atoms with van der Waals surface area (Å²) < 4.78 is 45.7. The van der Waals surface area contributed by atoms with Gasteiger partial charge in [-0.1, -0.05) is 48.0 Å². The maximum atomic E-state index is 14.3. The van der Waals surface area contributed by atoms with E-state index in [4.69, 9.17) is 17.3 Å². The number of nitrogens with zero attached hydrogens (tertiary/aromatic N) is 5. The first-order chi connectivity index (χ1) is 25.8. The third kappa shape index (κ3) is 6.17. The zero-order valence-electron chi connectivity index (χ0n) is 29.1. The van der Waals surface area contributed by atoms with E-state index in [0.717, 1.165) is 18.9 Å². The summed E-state index contributed by atoms with van der Waals surface area (Å²) >= 11 is 6.45. The summed E-state index contributed by atoms with van der Waals surface area (Å²) in [6.45, 7) is 3.73. The fourth-order valence-electron chi connectivity index (χ4n) is 7.28. The number of rotatable bonds is 8. The summed E-state index contributed by atoms with van der Waals surface area (Å²) in [5.41, 5.74) is 6.69. The van der Waals surface area contributed by atoms with Crippen LogP contribution in [-0.4, -0.2) is 41.9 Å². The maximum Gasteiger partial charge on any atom is 0.417 e. The zero-order valence-corrected chi connectivity index (χ0v) is 29.8. The predicted molar refractivity (Wildman–Crippen MR) is 200 cm³/mol. The van der Waals surface area contributed by atoms with Crippen molar-refractivity contribution in [3.63, 3.8) is 0 Å². The molecule has 0 radical (unpaired) electrons. The Kier molecular flexibility index (Phi) is 8.56. The molecule has 8 rings (SSSR count). The summed E-state index contributed by atoms with van der Waals surface area (Å²) in [5, 5.41) is 8.43. The third-order valence-corrected chi connectivity index (χ3v) is 10.5. The number of pyridine rings is 1. The Labute approximate surface area is 311 Å². The van der Waals surface area contributed by atoms with Gasteiger partial charge in [0.25, 0.3) is 17.4 Å². The Morgan fingerprint density at radius 3 is 2.50 bits per heavy atom. The van der Waals surface area contributed by atoms with E-state index >= 15 is 0 Å². The number of halogens is 4. The van der Waals surface area contributed by atoms with Gasteiger partial charge in [0.15, 0.2) is 11.5 Å². The van der Waals surface area contributed by atoms with Gasteiger partial charge in [0.05, 0.1) is 33.3 Å². The molecule has 4 heterocycles. The average molecular weight is 752 g/mol. The lowest BCUT2D eigenvalue weighted by molar-refractivity contribution is -0.138. The number of carbonyl (C=O) groups excluding carboxylic acids is 2. The van der Waals surface area contributed by atoms with Gasteiger partial charge in [-0.15, -0.1) is 5.10 Å². The van der Waals surface area contributed by atoms with Gasteiger partial charge >= 0.3 is 6.18 Å². The van der Waals surface area contributed by atoms with Crippen molar-refractivity contribution in [2.75, 3.05) is 5.73 Å². The highest BCUT2D eigenvalue weighted by Crippen LogP contribution is 2.42. The predicted octanol–water partition coefficient (Wildman–Crippen LogP) is 7.70. The molecule has 274 valence electrons. The van der Waals surface area contributed by atoms with E-state index in [9.17, 15) is 27.6 Å². The van der Waals surface area contributed by atoms with Crippen LogP contribution in [0.25, 0.3) is 34.3 Å². The van der Waals surface area contributed by atoms with Crippen molar-refractivity contribution in [3.8, 4) is 5.69 Å². The van der Waals surface area contributed by atoms with E-state index in [1.54, 1.807) is 73.8 Å². The van der Waals surface area contributed by atoms with Gasteiger partial charge in [0.2, 0.25) is 0 Å². The number of benzene rings is 3. The summed E-state index contributed by atoms with van der Waals surface area (Å²) in [6, 6.07) is 19.2. The average Bonchev–Trinajstić information content (AvgIpc) is 3.86. The second-order valence-electron chi connectivity index (χ2n) is 13.8. The number of nitrogen functional groups attached to an aromatic ring is 1. The van der Waals surface area contributed by atoms with Crippen molar-refractivity contribution in [1.29, 1.82) is 0 Å². The van der Waals surface area contributed by atoms with Crippen LogP contribution in [0, 0.1) is 5.92 Å².